The smallest absolute Gasteiger partial charge is 0.427 e. The highest BCUT2D eigenvalue weighted by Gasteiger charge is 2.50. The lowest BCUT2D eigenvalue weighted by Crippen LogP contribution is -2.59. The summed E-state index contributed by atoms with van der Waals surface area (Å²) in [7, 11) is -1.55. The van der Waals surface area contributed by atoms with Gasteiger partial charge in [0.25, 0.3) is 0 Å². The zero-order valence-electron chi connectivity index (χ0n) is 16.2. The summed E-state index contributed by atoms with van der Waals surface area (Å²) in [6, 6.07) is 6.02. The SMILES string of the molecule is CC(C)(C)OC(=O)ON1CC(C#N)(c2ncccc2C#C[Si](C)(C)C)C1. The number of nitrogens with zero attached hydrogens (tertiary/aromatic N) is 3. The van der Waals surface area contributed by atoms with Crippen molar-refractivity contribution in [2.24, 2.45) is 0 Å². The highest BCUT2D eigenvalue weighted by molar-refractivity contribution is 6.83. The Morgan fingerprint density at radius 1 is 1.35 bits per heavy atom. The molecular formula is C19H25N3O3Si. The number of ether oxygens (including phenoxy) is 1. The molecule has 0 bridgehead atoms. The van der Waals surface area contributed by atoms with Gasteiger partial charge < -0.3 is 9.57 Å². The predicted molar refractivity (Wildman–Crippen MR) is 101 cm³/mol. The van der Waals surface area contributed by atoms with Crippen molar-refractivity contribution in [3.05, 3.63) is 29.6 Å². The van der Waals surface area contributed by atoms with Crippen LogP contribution < -0.4 is 0 Å². The van der Waals surface area contributed by atoms with Gasteiger partial charge in [0.2, 0.25) is 0 Å². The van der Waals surface area contributed by atoms with E-state index >= 15 is 0 Å². The second-order valence-electron chi connectivity index (χ2n) is 8.45. The minimum Gasteiger partial charge on any atom is -0.427 e. The molecule has 0 aliphatic carbocycles. The highest BCUT2D eigenvalue weighted by Crippen LogP contribution is 2.35. The first-order chi connectivity index (χ1) is 11.9. The summed E-state index contributed by atoms with van der Waals surface area (Å²) in [5.74, 6) is 3.20. The number of aromatic nitrogens is 1. The molecule has 0 spiro atoms. The molecule has 0 radical (unpaired) electrons. The quantitative estimate of drug-likeness (QED) is 0.451. The van der Waals surface area contributed by atoms with Gasteiger partial charge in [0, 0.05) is 11.8 Å². The van der Waals surface area contributed by atoms with E-state index in [-0.39, 0.29) is 13.1 Å². The van der Waals surface area contributed by atoms with Crippen LogP contribution >= 0.6 is 0 Å². The molecule has 2 heterocycles. The normalized spacial score (nSPS) is 16.5. The molecule has 0 N–H and O–H groups in total. The Morgan fingerprint density at radius 3 is 2.54 bits per heavy atom. The second kappa shape index (κ2) is 7.11. The van der Waals surface area contributed by atoms with Crippen molar-refractivity contribution in [1.29, 1.82) is 5.26 Å². The van der Waals surface area contributed by atoms with Crippen LogP contribution in [0.1, 0.15) is 32.0 Å². The fraction of sp³-hybridized carbons (Fsp3) is 0.526. The monoisotopic (exact) mass is 371 g/mol. The third-order valence-corrected chi connectivity index (χ3v) is 4.41. The Balaban J connectivity index is 2.15. The molecule has 1 aromatic heterocycles. The standard InChI is InChI=1S/C19H25N3O3Si/c1-18(2,3)24-17(23)25-22-13-19(12-20,14-22)16-15(8-7-10-21-16)9-11-26(4,5)6/h7-8,10H,13-14H2,1-6H3. The largest absolute Gasteiger partial charge is 0.528 e. The molecule has 0 saturated carbocycles. The van der Waals surface area contributed by atoms with E-state index in [4.69, 9.17) is 9.57 Å². The van der Waals surface area contributed by atoms with Gasteiger partial charge in [0.05, 0.1) is 24.9 Å². The number of carbonyl (C=O) groups excluding carboxylic acids is 1. The lowest BCUT2D eigenvalue weighted by molar-refractivity contribution is -0.195. The summed E-state index contributed by atoms with van der Waals surface area (Å²) in [4.78, 5) is 21.3. The van der Waals surface area contributed by atoms with Crippen molar-refractivity contribution >= 4 is 14.2 Å². The first-order valence-electron chi connectivity index (χ1n) is 8.50. The number of hydroxylamine groups is 2. The van der Waals surface area contributed by atoms with Crippen molar-refractivity contribution in [3.8, 4) is 17.5 Å². The average Bonchev–Trinajstić information content (AvgIpc) is 2.46. The molecule has 1 aromatic rings. The minimum atomic E-state index is -1.55. The van der Waals surface area contributed by atoms with Crippen molar-refractivity contribution in [3.63, 3.8) is 0 Å². The van der Waals surface area contributed by atoms with Gasteiger partial charge in [0.15, 0.2) is 0 Å². The van der Waals surface area contributed by atoms with E-state index in [1.807, 2.05) is 12.1 Å². The Labute approximate surface area is 156 Å². The van der Waals surface area contributed by atoms with E-state index in [2.05, 4.69) is 42.2 Å². The van der Waals surface area contributed by atoms with E-state index in [1.54, 1.807) is 27.0 Å². The van der Waals surface area contributed by atoms with E-state index in [0.717, 1.165) is 5.56 Å². The van der Waals surface area contributed by atoms with Gasteiger partial charge in [0.1, 0.15) is 19.1 Å². The molecule has 138 valence electrons. The first-order valence-corrected chi connectivity index (χ1v) is 12.0. The van der Waals surface area contributed by atoms with Crippen molar-refractivity contribution < 1.29 is 14.4 Å². The van der Waals surface area contributed by atoms with Crippen LogP contribution in [0, 0.1) is 22.8 Å². The van der Waals surface area contributed by atoms with Crippen LogP contribution in [0.3, 0.4) is 0 Å². The van der Waals surface area contributed by atoms with Crippen LogP contribution in [0.15, 0.2) is 18.3 Å². The van der Waals surface area contributed by atoms with Gasteiger partial charge in [-0.05, 0) is 32.9 Å². The van der Waals surface area contributed by atoms with Crippen LogP contribution in [0.5, 0.6) is 0 Å². The average molecular weight is 372 g/mol. The number of carbonyl (C=O) groups is 1. The highest BCUT2D eigenvalue weighted by atomic mass is 28.3. The van der Waals surface area contributed by atoms with Crippen LogP contribution in [-0.2, 0) is 15.0 Å². The molecule has 1 fully saturated rings. The molecule has 0 amide bonds. The number of nitriles is 1. The first kappa shape index (κ1) is 20.0. The molecule has 0 aromatic carbocycles. The molecule has 0 unspecified atom stereocenters. The lowest BCUT2D eigenvalue weighted by atomic mass is 9.77. The van der Waals surface area contributed by atoms with E-state index in [0.29, 0.717) is 5.69 Å². The third-order valence-electron chi connectivity index (χ3n) is 3.53. The van der Waals surface area contributed by atoms with Crippen LogP contribution in [0.2, 0.25) is 19.6 Å². The van der Waals surface area contributed by atoms with Gasteiger partial charge >= 0.3 is 6.16 Å². The van der Waals surface area contributed by atoms with E-state index in [9.17, 15) is 10.1 Å². The van der Waals surface area contributed by atoms with E-state index < -0.39 is 25.2 Å². The van der Waals surface area contributed by atoms with Crippen LogP contribution in [0.25, 0.3) is 0 Å². The van der Waals surface area contributed by atoms with Crippen LogP contribution in [0.4, 0.5) is 4.79 Å². The number of pyridine rings is 1. The summed E-state index contributed by atoms with van der Waals surface area (Å²) < 4.78 is 5.13. The zero-order chi connectivity index (χ0) is 19.6. The minimum absolute atomic E-state index is 0.237. The van der Waals surface area contributed by atoms with Gasteiger partial charge in [-0.3, -0.25) is 4.98 Å². The zero-order valence-corrected chi connectivity index (χ0v) is 17.2. The number of hydrogen-bond acceptors (Lipinski definition) is 6. The molecule has 6 nitrogen and oxygen atoms in total. The number of rotatable bonds is 2. The molecule has 1 saturated heterocycles. The van der Waals surface area contributed by atoms with Crippen molar-refractivity contribution in [2.75, 3.05) is 13.1 Å². The number of hydrogen-bond donors (Lipinski definition) is 0. The Bertz CT molecular complexity index is 785. The maximum atomic E-state index is 11.8. The predicted octanol–water partition coefficient (Wildman–Crippen LogP) is 3.25. The molecule has 0 atom stereocenters. The Hall–Kier alpha value is -2.35. The summed E-state index contributed by atoms with van der Waals surface area (Å²) in [5, 5.41) is 11.2. The van der Waals surface area contributed by atoms with Crippen molar-refractivity contribution in [2.45, 2.75) is 51.4 Å². The summed E-state index contributed by atoms with van der Waals surface area (Å²) in [6.07, 6.45) is 0.884. The van der Waals surface area contributed by atoms with Gasteiger partial charge in [-0.2, -0.15) is 5.26 Å². The lowest BCUT2D eigenvalue weighted by Gasteiger charge is -2.43. The summed E-state index contributed by atoms with van der Waals surface area (Å²) >= 11 is 0. The van der Waals surface area contributed by atoms with Gasteiger partial charge in [-0.15, -0.1) is 10.6 Å². The van der Waals surface area contributed by atoms with E-state index in [1.165, 1.54) is 5.06 Å². The fourth-order valence-corrected chi connectivity index (χ4v) is 2.92. The maximum Gasteiger partial charge on any atom is 0.528 e. The van der Waals surface area contributed by atoms with Gasteiger partial charge in [-0.1, -0.05) is 25.6 Å². The molecule has 26 heavy (non-hydrogen) atoms. The van der Waals surface area contributed by atoms with Crippen molar-refractivity contribution in [1.82, 2.24) is 10.0 Å². The fourth-order valence-electron chi connectivity index (χ4n) is 2.41. The molecular weight excluding hydrogens is 346 g/mol. The Kier molecular flexibility index (Phi) is 5.46. The molecule has 1 aliphatic heterocycles. The van der Waals surface area contributed by atoms with Crippen LogP contribution in [-0.4, -0.2) is 43.0 Å². The molecule has 2 rings (SSSR count). The van der Waals surface area contributed by atoms with Gasteiger partial charge in [-0.25, -0.2) is 4.79 Å². The second-order valence-corrected chi connectivity index (χ2v) is 13.2. The maximum absolute atomic E-state index is 11.8. The topological polar surface area (TPSA) is 75.5 Å². The molecule has 1 aliphatic rings. The summed E-state index contributed by atoms with van der Waals surface area (Å²) in [5.41, 5.74) is 3.24. The third kappa shape index (κ3) is 5.07. The summed E-state index contributed by atoms with van der Waals surface area (Å²) in [6.45, 7) is 12.3. The molecule has 7 heteroatoms. The Morgan fingerprint density at radius 2 is 2.00 bits per heavy atom.